The molecule has 31 heavy (non-hydrogen) atoms. The van der Waals surface area contributed by atoms with Gasteiger partial charge in [-0.3, -0.25) is 5.41 Å². The van der Waals surface area contributed by atoms with Gasteiger partial charge in [0, 0.05) is 23.0 Å². The lowest BCUT2D eigenvalue weighted by Gasteiger charge is -2.14. The minimum atomic E-state index is -3.73. The zero-order valence-electron chi connectivity index (χ0n) is 16.5. The normalized spacial score (nSPS) is 11.6. The fourth-order valence-corrected chi connectivity index (χ4v) is 4.10. The number of nitrogen functional groups attached to an aromatic ring is 1. The van der Waals surface area contributed by atoms with Gasteiger partial charge in [-0.2, -0.15) is 8.42 Å². The molecule has 0 aliphatic carbocycles. The van der Waals surface area contributed by atoms with E-state index in [9.17, 15) is 18.3 Å². The number of rotatable bonds is 6. The van der Waals surface area contributed by atoms with Crippen LogP contribution in [-0.2, 0) is 16.7 Å². The van der Waals surface area contributed by atoms with E-state index in [4.69, 9.17) is 15.3 Å². The van der Waals surface area contributed by atoms with Crippen LogP contribution in [0, 0.1) is 5.41 Å². The average molecular weight is 437 g/mol. The number of nitrogens with two attached hydrogens (primary N) is 1. The molecule has 3 aromatic carbocycles. The van der Waals surface area contributed by atoms with Crippen molar-refractivity contribution in [1.29, 1.82) is 5.41 Å². The summed E-state index contributed by atoms with van der Waals surface area (Å²) in [5.41, 5.74) is 7.44. The van der Waals surface area contributed by atoms with Gasteiger partial charge in [0.05, 0.1) is 6.26 Å². The molecule has 8 nitrogen and oxygen atoms in total. The van der Waals surface area contributed by atoms with Gasteiger partial charge in [-0.1, -0.05) is 36.4 Å². The number of aromatic nitrogens is 1. The first-order chi connectivity index (χ1) is 14.6. The van der Waals surface area contributed by atoms with Crippen molar-refractivity contribution in [2.75, 3.05) is 6.26 Å². The minimum absolute atomic E-state index is 0.0641. The molecule has 0 atom stereocenters. The van der Waals surface area contributed by atoms with Gasteiger partial charge in [0.1, 0.15) is 17.3 Å². The number of hydrogen-bond acceptors (Lipinski definition) is 5. The summed E-state index contributed by atoms with van der Waals surface area (Å²) in [6.07, 6.45) is 0.965. The Morgan fingerprint density at radius 1 is 1.10 bits per heavy atom. The van der Waals surface area contributed by atoms with Crippen molar-refractivity contribution >= 4 is 43.6 Å². The molecule has 0 bridgehead atoms. The second-order valence-electron chi connectivity index (χ2n) is 7.20. The molecule has 1 aromatic heterocycles. The predicted molar refractivity (Wildman–Crippen MR) is 118 cm³/mol. The third-order valence-electron chi connectivity index (χ3n) is 4.93. The lowest BCUT2D eigenvalue weighted by Crippen LogP contribution is -2.12. The molecule has 1 heterocycles. The highest BCUT2D eigenvalue weighted by Crippen LogP contribution is 2.29. The van der Waals surface area contributed by atoms with Gasteiger partial charge in [0.25, 0.3) is 0 Å². The Morgan fingerprint density at radius 3 is 2.52 bits per heavy atom. The quantitative estimate of drug-likeness (QED) is 0.241. The highest BCUT2D eigenvalue weighted by molar-refractivity contribution is 7.86. The van der Waals surface area contributed by atoms with Gasteiger partial charge in [-0.15, -0.1) is 0 Å². The van der Waals surface area contributed by atoms with Crippen LogP contribution in [-0.4, -0.2) is 36.2 Å². The Hall–Kier alpha value is -3.85. The molecule has 0 amide bonds. The minimum Gasteiger partial charge on any atom is -0.477 e. The van der Waals surface area contributed by atoms with E-state index in [0.717, 1.165) is 17.0 Å². The summed E-state index contributed by atoms with van der Waals surface area (Å²) >= 11 is 0. The highest BCUT2D eigenvalue weighted by atomic mass is 32.2. The average Bonchev–Trinajstić information content (AvgIpc) is 3.04. The summed E-state index contributed by atoms with van der Waals surface area (Å²) < 4.78 is 30.0. The van der Waals surface area contributed by atoms with Crippen LogP contribution in [0.5, 0.6) is 5.75 Å². The third kappa shape index (κ3) is 4.08. The van der Waals surface area contributed by atoms with Crippen LogP contribution in [0.25, 0.3) is 21.7 Å². The number of nitrogens with one attached hydrogen (secondary N) is 1. The highest BCUT2D eigenvalue weighted by Gasteiger charge is 2.18. The van der Waals surface area contributed by atoms with Crippen molar-refractivity contribution in [2.45, 2.75) is 6.54 Å². The fraction of sp³-hybridized carbons (Fsp3) is 0.0909. The topological polar surface area (TPSA) is 135 Å². The first-order valence-electron chi connectivity index (χ1n) is 9.24. The van der Waals surface area contributed by atoms with Crippen molar-refractivity contribution in [1.82, 2.24) is 4.57 Å². The molecule has 0 radical (unpaired) electrons. The third-order valence-corrected chi connectivity index (χ3v) is 5.43. The molecule has 0 spiro atoms. The number of hydrogen-bond donors (Lipinski definition) is 3. The number of nitrogens with zero attached hydrogens (tertiary/aromatic N) is 1. The summed E-state index contributed by atoms with van der Waals surface area (Å²) in [6.45, 7) is 0.147. The zero-order valence-corrected chi connectivity index (χ0v) is 17.3. The van der Waals surface area contributed by atoms with E-state index in [0.29, 0.717) is 22.0 Å². The van der Waals surface area contributed by atoms with Crippen molar-refractivity contribution in [3.8, 4) is 5.75 Å². The summed E-state index contributed by atoms with van der Waals surface area (Å²) in [5, 5.41) is 19.7. The Bertz CT molecular complexity index is 1470. The molecule has 158 valence electrons. The van der Waals surface area contributed by atoms with Crippen molar-refractivity contribution in [2.24, 2.45) is 5.73 Å². The molecule has 0 unspecified atom stereocenters. The van der Waals surface area contributed by atoms with Gasteiger partial charge < -0.3 is 19.6 Å². The zero-order chi connectivity index (χ0) is 22.3. The van der Waals surface area contributed by atoms with Crippen LogP contribution in [0.15, 0.2) is 60.7 Å². The number of fused-ring (bicyclic) bond motifs is 2. The van der Waals surface area contributed by atoms with Gasteiger partial charge in [0.15, 0.2) is 0 Å². The second kappa shape index (κ2) is 7.44. The number of carboxylic acid groups (broad SMARTS) is 1. The smallest absolute Gasteiger partial charge is 0.352 e. The van der Waals surface area contributed by atoms with Crippen LogP contribution in [0.2, 0.25) is 0 Å². The largest absolute Gasteiger partial charge is 0.477 e. The summed E-state index contributed by atoms with van der Waals surface area (Å²) in [4.78, 5) is 11.9. The van der Waals surface area contributed by atoms with E-state index in [-0.39, 0.29) is 23.8 Å². The molecular formula is C22H19N3O5S. The maximum absolute atomic E-state index is 11.9. The molecule has 0 saturated heterocycles. The van der Waals surface area contributed by atoms with Gasteiger partial charge in [-0.05, 0) is 40.6 Å². The van der Waals surface area contributed by atoms with Crippen LogP contribution < -0.4 is 9.92 Å². The van der Waals surface area contributed by atoms with Crippen LogP contribution >= 0.6 is 0 Å². The van der Waals surface area contributed by atoms with Gasteiger partial charge in [-0.25, -0.2) is 4.79 Å². The molecule has 9 heteroatoms. The predicted octanol–water partition coefficient (Wildman–Crippen LogP) is 3.16. The van der Waals surface area contributed by atoms with Crippen molar-refractivity contribution in [3.63, 3.8) is 0 Å². The van der Waals surface area contributed by atoms with E-state index in [1.807, 2.05) is 24.3 Å². The maximum Gasteiger partial charge on any atom is 0.352 e. The first-order valence-corrected chi connectivity index (χ1v) is 11.1. The van der Waals surface area contributed by atoms with E-state index >= 15 is 0 Å². The Kier molecular flexibility index (Phi) is 4.90. The molecule has 0 aliphatic rings. The number of benzene rings is 3. The van der Waals surface area contributed by atoms with Crippen molar-refractivity contribution < 1.29 is 22.5 Å². The number of carboxylic acids is 1. The Morgan fingerprint density at radius 2 is 1.84 bits per heavy atom. The standard InChI is InChI=1S/C22H19N3O5S/c1-31(28,29)30-17-8-13-4-2-3-5-18(13)16(9-17)12-25-19-11-15(21(23)24)7-6-14(19)10-20(25)22(26)27/h2-11H,12H2,1H3,(H3,23,24)(H,26,27). The molecule has 4 N–H and O–H groups in total. The van der Waals surface area contributed by atoms with Gasteiger partial charge in [0.2, 0.25) is 0 Å². The summed E-state index contributed by atoms with van der Waals surface area (Å²) in [7, 11) is -3.73. The molecule has 4 aromatic rings. The second-order valence-corrected chi connectivity index (χ2v) is 8.77. The molecule has 0 fully saturated rings. The van der Waals surface area contributed by atoms with Crippen LogP contribution in [0.1, 0.15) is 21.6 Å². The Balaban J connectivity index is 1.94. The lowest BCUT2D eigenvalue weighted by atomic mass is 10.0. The Labute approximate surface area is 178 Å². The summed E-state index contributed by atoms with van der Waals surface area (Å²) in [5.74, 6) is -1.08. The molecule has 0 saturated carbocycles. The number of carbonyl (C=O) groups is 1. The number of aromatic carboxylic acids is 1. The SMILES string of the molecule is CS(=O)(=O)Oc1cc(Cn2c(C(=O)O)cc3ccc(C(=N)N)cc32)c2ccccc2c1. The van der Waals surface area contributed by atoms with Crippen LogP contribution in [0.3, 0.4) is 0 Å². The van der Waals surface area contributed by atoms with E-state index < -0.39 is 16.1 Å². The lowest BCUT2D eigenvalue weighted by molar-refractivity contribution is 0.0686. The van der Waals surface area contributed by atoms with E-state index in [2.05, 4.69) is 0 Å². The summed E-state index contributed by atoms with van der Waals surface area (Å²) in [6, 6.07) is 17.2. The molecule has 0 aliphatic heterocycles. The van der Waals surface area contributed by atoms with Crippen LogP contribution in [0.4, 0.5) is 0 Å². The monoisotopic (exact) mass is 437 g/mol. The molecular weight excluding hydrogens is 418 g/mol. The van der Waals surface area contributed by atoms with E-state index in [1.165, 1.54) is 0 Å². The molecule has 4 rings (SSSR count). The fourth-order valence-electron chi connectivity index (χ4n) is 3.65. The first kappa shape index (κ1) is 20.4. The van der Waals surface area contributed by atoms with Gasteiger partial charge >= 0.3 is 16.1 Å². The van der Waals surface area contributed by atoms with Crippen molar-refractivity contribution in [3.05, 3.63) is 77.5 Å². The van der Waals surface area contributed by atoms with E-state index in [1.54, 1.807) is 41.0 Å². The number of amidine groups is 1. The maximum atomic E-state index is 11.9.